The van der Waals surface area contributed by atoms with E-state index in [-0.39, 0.29) is 18.3 Å². The van der Waals surface area contributed by atoms with Gasteiger partial charge in [-0.2, -0.15) is 0 Å². The van der Waals surface area contributed by atoms with Crippen molar-refractivity contribution in [3.05, 3.63) is 36.2 Å². The zero-order valence-electron chi connectivity index (χ0n) is 17.4. The molecule has 8 nitrogen and oxygen atoms in total. The molecule has 1 aliphatic rings. The highest BCUT2D eigenvalue weighted by Crippen LogP contribution is 2.26. The third-order valence-electron chi connectivity index (χ3n) is 4.60. The van der Waals surface area contributed by atoms with Crippen LogP contribution in [0.3, 0.4) is 0 Å². The summed E-state index contributed by atoms with van der Waals surface area (Å²) in [5.74, 6) is 4.25. The number of aromatic nitrogens is 2. The van der Waals surface area contributed by atoms with Gasteiger partial charge in [-0.1, -0.05) is 5.92 Å². The summed E-state index contributed by atoms with van der Waals surface area (Å²) in [6, 6.07) is 7.20. The number of carbonyl (C=O) groups is 1. The van der Waals surface area contributed by atoms with Gasteiger partial charge in [0.2, 0.25) is 5.88 Å². The molecule has 1 fully saturated rings. The number of anilines is 2. The zero-order chi connectivity index (χ0) is 21.5. The molecule has 0 atom stereocenters. The molecule has 1 amide bonds. The summed E-state index contributed by atoms with van der Waals surface area (Å²) in [7, 11) is 1.57. The average Bonchev–Trinajstić information content (AvgIpc) is 2.74. The largest absolute Gasteiger partial charge is 0.495 e. The topological polar surface area (TPSA) is 85.8 Å². The summed E-state index contributed by atoms with van der Waals surface area (Å²) < 4.78 is 16.6. The van der Waals surface area contributed by atoms with Gasteiger partial charge in [0, 0.05) is 43.8 Å². The van der Waals surface area contributed by atoms with Crippen molar-refractivity contribution in [2.45, 2.75) is 38.9 Å². The molecule has 1 aromatic heterocycles. The number of benzene rings is 1. The van der Waals surface area contributed by atoms with Crippen LogP contribution in [-0.2, 0) is 4.74 Å². The Labute approximate surface area is 176 Å². The summed E-state index contributed by atoms with van der Waals surface area (Å²) in [4.78, 5) is 22.1. The van der Waals surface area contributed by atoms with Crippen LogP contribution in [0.25, 0.3) is 0 Å². The van der Waals surface area contributed by atoms with E-state index >= 15 is 0 Å². The molecular weight excluding hydrogens is 384 g/mol. The number of hydrogen-bond donors (Lipinski definition) is 1. The van der Waals surface area contributed by atoms with E-state index in [2.05, 4.69) is 21.2 Å². The maximum Gasteiger partial charge on any atom is 0.410 e. The second-order valence-corrected chi connectivity index (χ2v) is 7.16. The number of terminal acetylenes is 1. The second kappa shape index (κ2) is 9.83. The normalized spacial score (nSPS) is 14.2. The molecule has 0 spiro atoms. The number of rotatable bonds is 6. The van der Waals surface area contributed by atoms with Crippen LogP contribution < -0.4 is 14.8 Å². The minimum absolute atomic E-state index is 0.0224. The van der Waals surface area contributed by atoms with Gasteiger partial charge in [0.1, 0.15) is 24.0 Å². The first kappa shape index (κ1) is 21.2. The maximum absolute atomic E-state index is 12.0. The van der Waals surface area contributed by atoms with Crippen molar-refractivity contribution in [2.24, 2.45) is 0 Å². The van der Waals surface area contributed by atoms with Crippen LogP contribution in [0.4, 0.5) is 16.3 Å². The number of carbonyl (C=O) groups excluding carboxylic acids is 1. The molecule has 2 heterocycles. The number of methoxy groups -OCH3 is 1. The summed E-state index contributed by atoms with van der Waals surface area (Å²) in [5, 5.41) is 3.20. The quantitative estimate of drug-likeness (QED) is 0.728. The fourth-order valence-corrected chi connectivity index (χ4v) is 3.11. The molecule has 1 saturated heterocycles. The van der Waals surface area contributed by atoms with Gasteiger partial charge in [-0.25, -0.2) is 14.8 Å². The first-order chi connectivity index (χ1) is 14.5. The number of hydrogen-bond acceptors (Lipinski definition) is 7. The Morgan fingerprint density at radius 2 is 2.03 bits per heavy atom. The van der Waals surface area contributed by atoms with Gasteiger partial charge >= 0.3 is 6.09 Å². The summed E-state index contributed by atoms with van der Waals surface area (Å²) in [6.45, 7) is 4.86. The van der Waals surface area contributed by atoms with E-state index in [1.165, 1.54) is 6.33 Å². The molecule has 0 bridgehead atoms. The molecule has 30 heavy (non-hydrogen) atoms. The van der Waals surface area contributed by atoms with Crippen molar-refractivity contribution in [1.82, 2.24) is 14.9 Å². The first-order valence-corrected chi connectivity index (χ1v) is 9.84. The van der Waals surface area contributed by atoms with E-state index < -0.39 is 0 Å². The fraction of sp³-hybridized carbons (Fsp3) is 0.409. The number of nitrogens with zero attached hydrogens (tertiary/aromatic N) is 3. The van der Waals surface area contributed by atoms with E-state index in [1.54, 1.807) is 24.1 Å². The monoisotopic (exact) mass is 410 g/mol. The number of amides is 1. The average molecular weight is 410 g/mol. The molecule has 1 N–H and O–H groups in total. The molecule has 158 valence electrons. The van der Waals surface area contributed by atoms with Crippen LogP contribution in [0.15, 0.2) is 30.6 Å². The molecule has 1 aliphatic heterocycles. The maximum atomic E-state index is 12.0. The van der Waals surface area contributed by atoms with Gasteiger partial charge in [-0.15, -0.1) is 6.42 Å². The Bertz CT molecular complexity index is 918. The SMILES string of the molecule is C#Cc1ccc(Nc2cc(OC3CCN(C(=O)OC(C)C)CC3)ncn2)cc1OC. The van der Waals surface area contributed by atoms with Crippen molar-refractivity contribution in [3.8, 4) is 24.0 Å². The Hall–Kier alpha value is -3.47. The van der Waals surface area contributed by atoms with Gasteiger partial charge in [-0.05, 0) is 26.0 Å². The van der Waals surface area contributed by atoms with Crippen molar-refractivity contribution in [1.29, 1.82) is 0 Å². The minimum Gasteiger partial charge on any atom is -0.495 e. The molecule has 0 saturated carbocycles. The van der Waals surface area contributed by atoms with Gasteiger partial charge in [0.25, 0.3) is 0 Å². The lowest BCUT2D eigenvalue weighted by atomic mass is 10.1. The van der Waals surface area contributed by atoms with Crippen LogP contribution in [-0.4, -0.2) is 53.4 Å². The van der Waals surface area contributed by atoms with E-state index in [4.69, 9.17) is 20.6 Å². The van der Waals surface area contributed by atoms with E-state index in [0.717, 1.165) is 5.69 Å². The van der Waals surface area contributed by atoms with E-state index in [9.17, 15) is 4.79 Å². The predicted octanol–water partition coefficient (Wildman–Crippen LogP) is 3.60. The smallest absolute Gasteiger partial charge is 0.410 e. The molecule has 0 aliphatic carbocycles. The number of nitrogens with one attached hydrogen (secondary N) is 1. The van der Waals surface area contributed by atoms with Crippen LogP contribution >= 0.6 is 0 Å². The second-order valence-electron chi connectivity index (χ2n) is 7.16. The van der Waals surface area contributed by atoms with E-state index in [0.29, 0.717) is 48.9 Å². The molecule has 1 aromatic carbocycles. The number of likely N-dealkylation sites (tertiary alicyclic amines) is 1. The highest BCUT2D eigenvalue weighted by Gasteiger charge is 2.25. The Morgan fingerprint density at radius 3 is 2.70 bits per heavy atom. The lowest BCUT2D eigenvalue weighted by Crippen LogP contribution is -2.42. The summed E-state index contributed by atoms with van der Waals surface area (Å²) in [6.07, 6.45) is 7.92. The third-order valence-corrected chi connectivity index (χ3v) is 4.60. The van der Waals surface area contributed by atoms with Crippen molar-refractivity contribution in [3.63, 3.8) is 0 Å². The van der Waals surface area contributed by atoms with Crippen molar-refractivity contribution in [2.75, 3.05) is 25.5 Å². The van der Waals surface area contributed by atoms with Crippen LogP contribution in [0, 0.1) is 12.3 Å². The lowest BCUT2D eigenvalue weighted by molar-refractivity contribution is 0.0507. The zero-order valence-corrected chi connectivity index (χ0v) is 17.4. The predicted molar refractivity (Wildman–Crippen MR) is 113 cm³/mol. The number of piperidine rings is 1. The number of ether oxygens (including phenoxy) is 3. The highest BCUT2D eigenvalue weighted by molar-refractivity contribution is 5.68. The summed E-state index contributed by atoms with van der Waals surface area (Å²) in [5.41, 5.74) is 1.46. The third kappa shape index (κ3) is 5.54. The van der Waals surface area contributed by atoms with Crippen LogP contribution in [0.5, 0.6) is 11.6 Å². The molecule has 2 aromatic rings. The first-order valence-electron chi connectivity index (χ1n) is 9.84. The van der Waals surface area contributed by atoms with Crippen LogP contribution in [0.2, 0.25) is 0 Å². The van der Waals surface area contributed by atoms with E-state index in [1.807, 2.05) is 26.0 Å². The van der Waals surface area contributed by atoms with Gasteiger partial charge in [0.15, 0.2) is 0 Å². The van der Waals surface area contributed by atoms with Gasteiger partial charge in [0.05, 0.1) is 18.8 Å². The minimum atomic E-state index is -0.275. The van der Waals surface area contributed by atoms with Crippen LogP contribution in [0.1, 0.15) is 32.3 Å². The molecule has 0 radical (unpaired) electrons. The Morgan fingerprint density at radius 1 is 1.27 bits per heavy atom. The van der Waals surface area contributed by atoms with Crippen molar-refractivity contribution < 1.29 is 19.0 Å². The Kier molecular flexibility index (Phi) is 6.96. The molecule has 3 rings (SSSR count). The summed E-state index contributed by atoms with van der Waals surface area (Å²) >= 11 is 0. The van der Waals surface area contributed by atoms with Crippen molar-refractivity contribution >= 4 is 17.6 Å². The Balaban J connectivity index is 1.58. The molecular formula is C22H26N4O4. The molecule has 0 unspecified atom stereocenters. The fourth-order valence-electron chi connectivity index (χ4n) is 3.11. The van der Waals surface area contributed by atoms with Gasteiger partial charge < -0.3 is 24.4 Å². The van der Waals surface area contributed by atoms with Gasteiger partial charge in [-0.3, -0.25) is 0 Å². The molecule has 8 heteroatoms. The highest BCUT2D eigenvalue weighted by atomic mass is 16.6. The lowest BCUT2D eigenvalue weighted by Gasteiger charge is -2.31. The standard InChI is InChI=1S/C22H26N4O4/c1-5-16-6-7-17(12-19(16)28-4)25-20-13-21(24-14-23-20)30-18-8-10-26(11-9-18)22(27)29-15(2)3/h1,6-7,12-15,18H,8-11H2,2-4H3,(H,23,24,25).